The van der Waals surface area contributed by atoms with Crippen LogP contribution in [0.4, 0.5) is 0 Å². The molecule has 0 fully saturated rings. The molecule has 0 saturated heterocycles. The van der Waals surface area contributed by atoms with Crippen LogP contribution in [0.2, 0.25) is 0 Å². The average molecular weight is 692 g/mol. The van der Waals surface area contributed by atoms with Gasteiger partial charge in [-0.1, -0.05) is 238 Å². The molecule has 292 valence electrons. The van der Waals surface area contributed by atoms with Crippen molar-refractivity contribution in [3.8, 4) is 0 Å². The minimum atomic E-state index is -0.832. The quantitative estimate of drug-likeness (QED) is 0.0441. The fraction of sp³-hybridized carbons (Fsp3) is 0.933. The molecule has 0 aromatic heterocycles. The number of aliphatic hydroxyl groups is 2. The zero-order valence-electron chi connectivity index (χ0n) is 33.5. The molecule has 0 saturated carbocycles. The summed E-state index contributed by atoms with van der Waals surface area (Å²) in [5, 5.41) is 22.9. The van der Waals surface area contributed by atoms with E-state index in [2.05, 4.69) is 19.2 Å². The van der Waals surface area contributed by atoms with Gasteiger partial charge in [0, 0.05) is 6.42 Å². The Morgan fingerprint density at radius 2 is 0.755 bits per heavy atom. The van der Waals surface area contributed by atoms with E-state index in [1.54, 1.807) is 6.08 Å². The number of rotatable bonds is 41. The first-order valence-electron chi connectivity index (χ1n) is 22.4. The smallest absolute Gasteiger partial charge is 0.220 e. The van der Waals surface area contributed by atoms with Gasteiger partial charge < -0.3 is 15.5 Å². The second-order valence-electron chi connectivity index (χ2n) is 15.5. The lowest BCUT2D eigenvalue weighted by Crippen LogP contribution is -2.45. The van der Waals surface area contributed by atoms with Gasteiger partial charge in [0.15, 0.2) is 0 Å². The molecule has 0 radical (unpaired) electrons. The van der Waals surface area contributed by atoms with Gasteiger partial charge in [0.25, 0.3) is 0 Å². The van der Waals surface area contributed by atoms with E-state index in [4.69, 9.17) is 0 Å². The van der Waals surface area contributed by atoms with Crippen LogP contribution in [0, 0.1) is 0 Å². The number of amides is 1. The zero-order valence-corrected chi connectivity index (χ0v) is 33.5. The van der Waals surface area contributed by atoms with E-state index in [1.165, 1.54) is 205 Å². The van der Waals surface area contributed by atoms with Crippen LogP contribution in [0.3, 0.4) is 0 Å². The number of aliphatic hydroxyl groups excluding tert-OH is 2. The number of hydrogen-bond donors (Lipinski definition) is 3. The molecule has 3 N–H and O–H groups in total. The molecule has 1 amide bonds. The maximum atomic E-state index is 12.4. The highest BCUT2D eigenvalue weighted by Crippen LogP contribution is 2.16. The van der Waals surface area contributed by atoms with Crippen molar-refractivity contribution in [2.24, 2.45) is 0 Å². The Morgan fingerprint density at radius 3 is 1.06 bits per heavy atom. The number of allylic oxidation sites excluding steroid dienone is 1. The number of unbranched alkanes of at least 4 members (excludes halogenated alkanes) is 34. The molecule has 0 heterocycles. The molecule has 0 aromatic carbocycles. The standard InChI is InChI=1S/C45H89NO3/c1-3-5-7-9-11-13-15-16-17-18-19-20-21-22-23-24-25-26-27-28-29-31-33-35-37-39-41-45(49)46-43(42-47)44(48)40-38-36-34-32-30-14-12-10-8-6-4-2/h38,40,43-44,47-48H,3-37,39,41-42H2,1-2H3,(H,46,49)/b40-38+/t43-,44+/m0/s1. The summed E-state index contributed by atoms with van der Waals surface area (Å²) in [4.78, 5) is 12.4. The summed E-state index contributed by atoms with van der Waals surface area (Å²) in [6, 6.07) is -0.615. The number of carbonyl (C=O) groups is 1. The lowest BCUT2D eigenvalue weighted by atomic mass is 10.0. The van der Waals surface area contributed by atoms with Crippen LogP contribution in [0.1, 0.15) is 251 Å². The second-order valence-corrected chi connectivity index (χ2v) is 15.5. The lowest BCUT2D eigenvalue weighted by Gasteiger charge is -2.20. The Labute approximate surface area is 307 Å². The van der Waals surface area contributed by atoms with Crippen molar-refractivity contribution in [2.45, 2.75) is 264 Å². The molecule has 0 spiro atoms. The number of carbonyl (C=O) groups excluding carboxylic acids is 1. The molecule has 4 nitrogen and oxygen atoms in total. The number of hydrogen-bond acceptors (Lipinski definition) is 3. The van der Waals surface area contributed by atoms with Crippen molar-refractivity contribution in [3.05, 3.63) is 12.2 Å². The Kier molecular flexibility index (Phi) is 40.8. The van der Waals surface area contributed by atoms with Gasteiger partial charge in [0.2, 0.25) is 5.91 Å². The van der Waals surface area contributed by atoms with Gasteiger partial charge in [-0.25, -0.2) is 0 Å². The molecule has 0 aromatic rings. The van der Waals surface area contributed by atoms with Gasteiger partial charge in [-0.2, -0.15) is 0 Å². The maximum absolute atomic E-state index is 12.4. The van der Waals surface area contributed by atoms with Crippen LogP contribution in [0.25, 0.3) is 0 Å². The van der Waals surface area contributed by atoms with Crippen molar-refractivity contribution in [3.63, 3.8) is 0 Å². The Morgan fingerprint density at radius 1 is 0.469 bits per heavy atom. The van der Waals surface area contributed by atoms with E-state index >= 15 is 0 Å². The van der Waals surface area contributed by atoms with E-state index in [1.807, 2.05) is 6.08 Å². The van der Waals surface area contributed by atoms with Gasteiger partial charge in [0.05, 0.1) is 18.8 Å². The highest BCUT2D eigenvalue weighted by atomic mass is 16.3. The lowest BCUT2D eigenvalue weighted by molar-refractivity contribution is -0.123. The third kappa shape index (κ3) is 38.2. The van der Waals surface area contributed by atoms with Gasteiger partial charge in [-0.15, -0.1) is 0 Å². The van der Waals surface area contributed by atoms with Crippen molar-refractivity contribution in [2.75, 3.05) is 6.61 Å². The summed E-state index contributed by atoms with van der Waals surface area (Å²) >= 11 is 0. The minimum absolute atomic E-state index is 0.0604. The summed E-state index contributed by atoms with van der Waals surface area (Å²) in [6.07, 6.45) is 51.9. The summed E-state index contributed by atoms with van der Waals surface area (Å²) in [5.74, 6) is -0.0604. The van der Waals surface area contributed by atoms with Crippen LogP contribution >= 0.6 is 0 Å². The van der Waals surface area contributed by atoms with Crippen LogP contribution in [0.15, 0.2) is 12.2 Å². The maximum Gasteiger partial charge on any atom is 0.220 e. The van der Waals surface area contributed by atoms with E-state index < -0.39 is 12.1 Å². The van der Waals surface area contributed by atoms with E-state index in [9.17, 15) is 15.0 Å². The monoisotopic (exact) mass is 692 g/mol. The topological polar surface area (TPSA) is 69.6 Å². The summed E-state index contributed by atoms with van der Waals surface area (Å²) in [5.41, 5.74) is 0. The van der Waals surface area contributed by atoms with Crippen molar-refractivity contribution in [1.82, 2.24) is 5.32 Å². The molecule has 0 rings (SSSR count). The first-order chi connectivity index (χ1) is 24.2. The molecule has 0 unspecified atom stereocenters. The minimum Gasteiger partial charge on any atom is -0.394 e. The molecule has 0 aliphatic carbocycles. The first kappa shape index (κ1) is 48.1. The highest BCUT2D eigenvalue weighted by molar-refractivity contribution is 5.76. The summed E-state index contributed by atoms with van der Waals surface area (Å²) in [7, 11) is 0. The zero-order chi connectivity index (χ0) is 35.7. The van der Waals surface area contributed by atoms with Crippen molar-refractivity contribution >= 4 is 5.91 Å². The van der Waals surface area contributed by atoms with Crippen molar-refractivity contribution < 1.29 is 15.0 Å². The Hall–Kier alpha value is -0.870. The molecule has 0 aliphatic rings. The van der Waals surface area contributed by atoms with E-state index in [0.29, 0.717) is 6.42 Å². The van der Waals surface area contributed by atoms with E-state index in [0.717, 1.165) is 25.7 Å². The fourth-order valence-electron chi connectivity index (χ4n) is 7.06. The average Bonchev–Trinajstić information content (AvgIpc) is 3.10. The van der Waals surface area contributed by atoms with Crippen LogP contribution in [-0.4, -0.2) is 34.9 Å². The van der Waals surface area contributed by atoms with Crippen LogP contribution in [-0.2, 0) is 4.79 Å². The SMILES string of the molecule is CCCCCCCCCCC/C=C/[C@@H](O)[C@H](CO)NC(=O)CCCCCCCCCCCCCCCCCCCCCCCCCCCC. The second kappa shape index (κ2) is 41.5. The van der Waals surface area contributed by atoms with Gasteiger partial charge >= 0.3 is 0 Å². The van der Waals surface area contributed by atoms with Crippen molar-refractivity contribution in [1.29, 1.82) is 0 Å². The van der Waals surface area contributed by atoms with Gasteiger partial charge in [-0.3, -0.25) is 4.79 Å². The van der Waals surface area contributed by atoms with Gasteiger partial charge in [-0.05, 0) is 19.3 Å². The third-order valence-electron chi connectivity index (χ3n) is 10.5. The molecule has 49 heavy (non-hydrogen) atoms. The van der Waals surface area contributed by atoms with E-state index in [-0.39, 0.29) is 12.5 Å². The molecule has 0 bridgehead atoms. The van der Waals surface area contributed by atoms with Crippen LogP contribution < -0.4 is 5.32 Å². The highest BCUT2D eigenvalue weighted by Gasteiger charge is 2.17. The Balaban J connectivity index is 3.43. The Bertz CT molecular complexity index is 666. The summed E-state index contributed by atoms with van der Waals surface area (Å²) in [6.45, 7) is 4.31. The normalized spacial score (nSPS) is 13.0. The summed E-state index contributed by atoms with van der Waals surface area (Å²) < 4.78 is 0. The first-order valence-corrected chi connectivity index (χ1v) is 22.4. The molecule has 4 heteroatoms. The molecular formula is C45H89NO3. The predicted octanol–water partition coefficient (Wildman–Crippen LogP) is 13.9. The van der Waals surface area contributed by atoms with Gasteiger partial charge in [0.1, 0.15) is 0 Å². The predicted molar refractivity (Wildman–Crippen MR) is 216 cm³/mol. The van der Waals surface area contributed by atoms with Crippen LogP contribution in [0.5, 0.6) is 0 Å². The number of nitrogens with one attached hydrogen (secondary N) is 1. The fourth-order valence-corrected chi connectivity index (χ4v) is 7.06. The molecule has 0 aliphatic heterocycles. The molecule has 2 atom stereocenters. The molecular weight excluding hydrogens is 602 g/mol. The largest absolute Gasteiger partial charge is 0.394 e. The third-order valence-corrected chi connectivity index (χ3v) is 10.5.